The zero-order chi connectivity index (χ0) is 24.9. The molecule has 0 unspecified atom stereocenters. The Balaban J connectivity index is 1.65. The fourth-order valence-corrected chi connectivity index (χ4v) is 4.53. The van der Waals surface area contributed by atoms with Crippen LogP contribution in [0.2, 0.25) is 0 Å². The fourth-order valence-electron chi connectivity index (χ4n) is 3.90. The highest BCUT2D eigenvalue weighted by atomic mass is 32.2. The van der Waals surface area contributed by atoms with Crippen molar-refractivity contribution in [1.82, 2.24) is 29.9 Å². The Bertz CT molecular complexity index is 1520. The number of hydrogen-bond donors (Lipinski definition) is 2. The van der Waals surface area contributed by atoms with E-state index in [0.717, 1.165) is 36.4 Å². The van der Waals surface area contributed by atoms with Gasteiger partial charge in [-0.15, -0.1) is 0 Å². The zero-order valence-electron chi connectivity index (χ0n) is 19.7. The van der Waals surface area contributed by atoms with Crippen LogP contribution in [0.5, 0.6) is 0 Å². The van der Waals surface area contributed by atoms with Gasteiger partial charge in [-0.1, -0.05) is 0 Å². The maximum atomic E-state index is 15.0. The van der Waals surface area contributed by atoms with Gasteiger partial charge in [0.25, 0.3) is 0 Å². The highest BCUT2D eigenvalue weighted by molar-refractivity contribution is 7.90. The number of aromatic nitrogens is 6. The van der Waals surface area contributed by atoms with E-state index in [9.17, 15) is 8.42 Å². The van der Waals surface area contributed by atoms with E-state index < -0.39 is 15.7 Å². The van der Waals surface area contributed by atoms with Crippen molar-refractivity contribution in [2.45, 2.75) is 30.6 Å². The molecule has 182 valence electrons. The number of sulfone groups is 1. The van der Waals surface area contributed by atoms with Crippen LogP contribution in [-0.2, 0) is 16.9 Å². The smallest absolute Gasteiger partial charge is 0.232 e. The van der Waals surface area contributed by atoms with E-state index in [1.165, 1.54) is 17.0 Å². The Kier molecular flexibility index (Phi) is 5.55. The van der Waals surface area contributed by atoms with E-state index in [0.29, 0.717) is 23.0 Å². The largest absolute Gasteiger partial charge is 0.323 e. The Morgan fingerprint density at radius 3 is 2.54 bits per heavy atom. The SMILES string of the molecule is Cc1cc(Nc2nc(N(C)c3ccc(S(C)(=O)=O)cc3F)nc(-c3ccn(C)n3)c2C2CC2)n[nH]1. The van der Waals surface area contributed by atoms with Crippen molar-refractivity contribution >= 4 is 33.1 Å². The molecule has 12 heteroatoms. The first-order valence-corrected chi connectivity index (χ1v) is 12.9. The summed E-state index contributed by atoms with van der Waals surface area (Å²) >= 11 is 0. The molecule has 0 spiro atoms. The monoisotopic (exact) mass is 496 g/mol. The van der Waals surface area contributed by atoms with Crippen molar-refractivity contribution in [3.8, 4) is 11.4 Å². The number of H-pyrrole nitrogens is 1. The lowest BCUT2D eigenvalue weighted by Gasteiger charge is -2.22. The number of halogens is 1. The molecule has 0 bridgehead atoms. The van der Waals surface area contributed by atoms with E-state index in [1.54, 1.807) is 11.7 Å². The highest BCUT2D eigenvalue weighted by Crippen LogP contribution is 2.47. The van der Waals surface area contributed by atoms with Crippen LogP contribution in [0, 0.1) is 12.7 Å². The third-order valence-electron chi connectivity index (χ3n) is 5.84. The van der Waals surface area contributed by atoms with Crippen molar-refractivity contribution in [3.63, 3.8) is 0 Å². The number of rotatable bonds is 7. The summed E-state index contributed by atoms with van der Waals surface area (Å²) in [7, 11) is -0.0741. The number of anilines is 4. The molecule has 1 aliphatic carbocycles. The lowest BCUT2D eigenvalue weighted by atomic mass is 10.1. The molecule has 0 radical (unpaired) electrons. The highest BCUT2D eigenvalue weighted by Gasteiger charge is 2.33. The molecule has 0 saturated heterocycles. The van der Waals surface area contributed by atoms with Crippen LogP contribution < -0.4 is 10.2 Å². The molecule has 10 nitrogen and oxygen atoms in total. The van der Waals surface area contributed by atoms with E-state index in [1.807, 2.05) is 32.3 Å². The molecule has 1 aliphatic rings. The molecule has 1 fully saturated rings. The Labute approximate surface area is 202 Å². The van der Waals surface area contributed by atoms with Gasteiger partial charge in [-0.25, -0.2) is 17.8 Å². The van der Waals surface area contributed by atoms with Crippen molar-refractivity contribution in [2.75, 3.05) is 23.5 Å². The standard InChI is InChI=1S/C23H25FN8O2S/c1-13-11-19(29-28-13)25-22-20(14-5-6-14)21(17-9-10-31(2)30-17)26-23(27-22)32(3)18-8-7-15(12-16(18)24)35(4,33)34/h7-12,14H,5-6H2,1-4H3,(H2,25,26,27,28,29). The molecule has 5 rings (SSSR count). The summed E-state index contributed by atoms with van der Waals surface area (Å²) < 4.78 is 40.4. The van der Waals surface area contributed by atoms with Crippen LogP contribution in [0.3, 0.4) is 0 Å². The molecule has 1 aromatic carbocycles. The van der Waals surface area contributed by atoms with Crippen LogP contribution in [0.25, 0.3) is 11.4 Å². The van der Waals surface area contributed by atoms with Crippen LogP contribution >= 0.6 is 0 Å². The molecule has 3 heterocycles. The average molecular weight is 497 g/mol. The minimum Gasteiger partial charge on any atom is -0.323 e. The normalized spacial score (nSPS) is 13.7. The summed E-state index contributed by atoms with van der Waals surface area (Å²) in [5, 5.41) is 15.0. The second-order valence-corrected chi connectivity index (χ2v) is 10.8. The topological polar surface area (TPSA) is 122 Å². The van der Waals surface area contributed by atoms with Gasteiger partial charge in [-0.3, -0.25) is 9.78 Å². The molecule has 1 saturated carbocycles. The first kappa shape index (κ1) is 23.0. The van der Waals surface area contributed by atoms with Gasteiger partial charge in [-0.05, 0) is 49.9 Å². The second kappa shape index (κ2) is 8.45. The second-order valence-electron chi connectivity index (χ2n) is 8.79. The lowest BCUT2D eigenvalue weighted by molar-refractivity contribution is 0.596. The molecule has 0 atom stereocenters. The van der Waals surface area contributed by atoms with Crippen LogP contribution in [0.15, 0.2) is 41.4 Å². The molecule has 2 N–H and O–H groups in total. The Morgan fingerprint density at radius 2 is 1.97 bits per heavy atom. The summed E-state index contributed by atoms with van der Waals surface area (Å²) in [6, 6.07) is 7.53. The molecule has 35 heavy (non-hydrogen) atoms. The molecule has 0 amide bonds. The predicted octanol–water partition coefficient (Wildman–Crippen LogP) is 3.84. The third kappa shape index (κ3) is 4.61. The minimum atomic E-state index is -3.54. The third-order valence-corrected chi connectivity index (χ3v) is 6.95. The minimum absolute atomic E-state index is 0.0948. The van der Waals surface area contributed by atoms with Crippen LogP contribution in [-0.4, -0.2) is 51.7 Å². The summed E-state index contributed by atoms with van der Waals surface area (Å²) in [6.45, 7) is 1.90. The van der Waals surface area contributed by atoms with Gasteiger partial charge < -0.3 is 10.2 Å². The Morgan fingerprint density at radius 1 is 1.20 bits per heavy atom. The van der Waals surface area contributed by atoms with Gasteiger partial charge in [-0.2, -0.15) is 15.2 Å². The summed E-state index contributed by atoms with van der Waals surface area (Å²) in [5.74, 6) is 0.995. The van der Waals surface area contributed by atoms with Gasteiger partial charge in [0.15, 0.2) is 15.7 Å². The first-order chi connectivity index (χ1) is 16.6. The van der Waals surface area contributed by atoms with Crippen LogP contribution in [0.4, 0.5) is 27.7 Å². The number of nitrogens with one attached hydrogen (secondary N) is 2. The fraction of sp³-hybridized carbons (Fsp3) is 0.304. The zero-order valence-corrected chi connectivity index (χ0v) is 20.6. The molecule has 4 aromatic rings. The van der Waals surface area contributed by atoms with Gasteiger partial charge in [0, 0.05) is 43.9 Å². The van der Waals surface area contributed by atoms with Crippen molar-refractivity contribution < 1.29 is 12.8 Å². The number of benzene rings is 1. The van der Waals surface area contributed by atoms with Crippen molar-refractivity contribution in [1.29, 1.82) is 0 Å². The first-order valence-electron chi connectivity index (χ1n) is 11.0. The van der Waals surface area contributed by atoms with E-state index in [4.69, 9.17) is 9.97 Å². The molecular weight excluding hydrogens is 471 g/mol. The molecular formula is C23H25FN8O2S. The van der Waals surface area contributed by atoms with E-state index >= 15 is 4.39 Å². The number of aryl methyl sites for hydroxylation is 2. The quantitative estimate of drug-likeness (QED) is 0.396. The summed E-state index contributed by atoms with van der Waals surface area (Å²) in [5.41, 5.74) is 3.32. The molecule has 0 aliphatic heterocycles. The number of hydrogen-bond acceptors (Lipinski definition) is 8. The van der Waals surface area contributed by atoms with Gasteiger partial charge >= 0.3 is 0 Å². The Hall–Kier alpha value is -3.80. The molecule has 3 aromatic heterocycles. The van der Waals surface area contributed by atoms with Crippen molar-refractivity contribution in [3.05, 3.63) is 53.6 Å². The average Bonchev–Trinajstić information content (AvgIpc) is 3.41. The maximum Gasteiger partial charge on any atom is 0.232 e. The van der Waals surface area contributed by atoms with Crippen LogP contribution in [0.1, 0.15) is 30.0 Å². The van der Waals surface area contributed by atoms with Gasteiger partial charge in [0.2, 0.25) is 5.95 Å². The van der Waals surface area contributed by atoms with E-state index in [-0.39, 0.29) is 22.4 Å². The van der Waals surface area contributed by atoms with E-state index in [2.05, 4.69) is 20.6 Å². The van der Waals surface area contributed by atoms with Gasteiger partial charge in [0.05, 0.1) is 10.6 Å². The predicted molar refractivity (Wildman–Crippen MR) is 130 cm³/mol. The number of aromatic amines is 1. The van der Waals surface area contributed by atoms with Crippen molar-refractivity contribution in [2.24, 2.45) is 7.05 Å². The maximum absolute atomic E-state index is 15.0. The lowest BCUT2D eigenvalue weighted by Crippen LogP contribution is -2.17. The summed E-state index contributed by atoms with van der Waals surface area (Å²) in [4.78, 5) is 10.9. The number of nitrogens with zero attached hydrogens (tertiary/aromatic N) is 6. The van der Waals surface area contributed by atoms with Gasteiger partial charge in [0.1, 0.15) is 23.0 Å². The summed E-state index contributed by atoms with van der Waals surface area (Å²) in [6.07, 6.45) is 4.90.